The number of carbonyl (C=O) groups excluding carboxylic acids is 1. The monoisotopic (exact) mass is 297 g/mol. The summed E-state index contributed by atoms with van der Waals surface area (Å²) in [6.45, 7) is 0. The summed E-state index contributed by atoms with van der Waals surface area (Å²) in [5.74, 6) is -1.50. The smallest absolute Gasteiger partial charge is 0.416 e. The van der Waals surface area contributed by atoms with Gasteiger partial charge in [0.15, 0.2) is 0 Å². The third kappa shape index (κ3) is 3.33. The van der Waals surface area contributed by atoms with Gasteiger partial charge in [-0.1, -0.05) is 36.0 Å². The van der Waals surface area contributed by atoms with Crippen molar-refractivity contribution in [3.05, 3.63) is 59.7 Å². The van der Waals surface area contributed by atoms with Crippen LogP contribution in [0.1, 0.15) is 15.9 Å². The van der Waals surface area contributed by atoms with Crippen molar-refractivity contribution in [3.63, 3.8) is 0 Å². The normalized spacial score (nSPS) is 11.3. The molecule has 0 aliphatic rings. The van der Waals surface area contributed by atoms with Gasteiger partial charge in [0.25, 0.3) is 0 Å². The third-order valence-electron chi connectivity index (χ3n) is 2.50. The number of aromatic carboxylic acids is 1. The minimum absolute atomic E-state index is 0.00558. The van der Waals surface area contributed by atoms with Crippen LogP contribution < -0.4 is 5.11 Å². The molecule has 104 valence electrons. The van der Waals surface area contributed by atoms with Crippen molar-refractivity contribution < 1.29 is 23.1 Å². The van der Waals surface area contributed by atoms with Gasteiger partial charge >= 0.3 is 6.18 Å². The molecule has 2 rings (SSSR count). The molecule has 2 aromatic rings. The lowest BCUT2D eigenvalue weighted by molar-refractivity contribution is -0.255. The van der Waals surface area contributed by atoms with E-state index in [0.29, 0.717) is 4.90 Å². The summed E-state index contributed by atoms with van der Waals surface area (Å²) in [6.07, 6.45) is -4.52. The van der Waals surface area contributed by atoms with Gasteiger partial charge in [-0.3, -0.25) is 0 Å². The molecular formula is C14H8F3O2S-. The van der Waals surface area contributed by atoms with Gasteiger partial charge in [-0.2, -0.15) is 13.2 Å². The predicted octanol–water partition coefficient (Wildman–Crippen LogP) is 3.22. The molecular weight excluding hydrogens is 289 g/mol. The zero-order valence-corrected chi connectivity index (χ0v) is 10.8. The Balaban J connectivity index is 2.45. The Morgan fingerprint density at radius 2 is 1.70 bits per heavy atom. The molecule has 0 atom stereocenters. The predicted molar refractivity (Wildman–Crippen MR) is 66.3 cm³/mol. The molecule has 0 aliphatic heterocycles. The molecule has 0 N–H and O–H groups in total. The van der Waals surface area contributed by atoms with E-state index in [4.69, 9.17) is 0 Å². The van der Waals surface area contributed by atoms with E-state index >= 15 is 0 Å². The Labute approximate surface area is 117 Å². The topological polar surface area (TPSA) is 40.1 Å². The second-order valence-electron chi connectivity index (χ2n) is 3.91. The molecule has 6 heteroatoms. The number of carboxylic acid groups (broad SMARTS) is 1. The fourth-order valence-electron chi connectivity index (χ4n) is 1.57. The van der Waals surface area contributed by atoms with Crippen molar-refractivity contribution in [3.8, 4) is 0 Å². The Kier molecular flexibility index (Phi) is 4.04. The Bertz CT molecular complexity index is 624. The second kappa shape index (κ2) is 5.58. The molecule has 0 bridgehead atoms. The second-order valence-corrected chi connectivity index (χ2v) is 5.03. The lowest BCUT2D eigenvalue weighted by atomic mass is 10.1. The lowest BCUT2D eigenvalue weighted by Gasteiger charge is -2.13. The summed E-state index contributed by atoms with van der Waals surface area (Å²) < 4.78 is 38.0. The molecule has 0 saturated carbocycles. The highest BCUT2D eigenvalue weighted by Crippen LogP contribution is 2.36. The highest BCUT2D eigenvalue weighted by molar-refractivity contribution is 7.99. The van der Waals surface area contributed by atoms with Crippen LogP contribution in [0.4, 0.5) is 13.2 Å². The zero-order chi connectivity index (χ0) is 14.8. The van der Waals surface area contributed by atoms with E-state index in [1.807, 2.05) is 0 Å². The van der Waals surface area contributed by atoms with Crippen molar-refractivity contribution in [2.45, 2.75) is 16.0 Å². The van der Waals surface area contributed by atoms with Gasteiger partial charge < -0.3 is 9.90 Å². The van der Waals surface area contributed by atoms with Gasteiger partial charge in [-0.25, -0.2) is 0 Å². The first-order valence-corrected chi connectivity index (χ1v) is 6.35. The van der Waals surface area contributed by atoms with E-state index in [2.05, 4.69) is 0 Å². The maximum Gasteiger partial charge on any atom is 0.416 e. The number of hydrogen-bond donors (Lipinski definition) is 0. The molecule has 0 heterocycles. The summed E-state index contributed by atoms with van der Waals surface area (Å²) >= 11 is 0.952. The SMILES string of the molecule is O=C([O-])c1ccc(C(F)(F)F)cc1Sc1ccccc1. The number of halogens is 3. The van der Waals surface area contributed by atoms with Gasteiger partial charge in [0.2, 0.25) is 0 Å². The fourth-order valence-corrected chi connectivity index (χ4v) is 2.56. The Hall–Kier alpha value is -1.95. The third-order valence-corrected chi connectivity index (χ3v) is 3.57. The first kappa shape index (κ1) is 14.5. The van der Waals surface area contributed by atoms with Crippen molar-refractivity contribution in [1.29, 1.82) is 0 Å². The van der Waals surface area contributed by atoms with Crippen LogP contribution in [-0.4, -0.2) is 5.97 Å². The summed E-state index contributed by atoms with van der Waals surface area (Å²) in [6, 6.07) is 11.0. The maximum absolute atomic E-state index is 12.7. The molecule has 2 aromatic carbocycles. The molecule has 0 radical (unpaired) electrons. The van der Waals surface area contributed by atoms with Gasteiger partial charge in [0.05, 0.1) is 11.5 Å². The van der Waals surface area contributed by atoms with Crippen LogP contribution in [0.2, 0.25) is 0 Å². The molecule has 2 nitrogen and oxygen atoms in total. The first-order valence-electron chi connectivity index (χ1n) is 5.53. The van der Waals surface area contributed by atoms with Crippen LogP contribution in [0.15, 0.2) is 58.3 Å². The molecule has 0 aromatic heterocycles. The highest BCUT2D eigenvalue weighted by atomic mass is 32.2. The molecule has 0 amide bonds. The van der Waals surface area contributed by atoms with Crippen LogP contribution in [-0.2, 0) is 6.18 Å². The zero-order valence-electron chi connectivity index (χ0n) is 9.98. The van der Waals surface area contributed by atoms with E-state index in [0.717, 1.165) is 30.0 Å². The van der Waals surface area contributed by atoms with E-state index in [9.17, 15) is 23.1 Å². The summed E-state index contributed by atoms with van der Waals surface area (Å²) in [7, 11) is 0. The van der Waals surface area contributed by atoms with Crippen LogP contribution in [0.5, 0.6) is 0 Å². The average Bonchev–Trinajstić information content (AvgIpc) is 2.38. The Morgan fingerprint density at radius 3 is 2.25 bits per heavy atom. The summed E-state index contributed by atoms with van der Waals surface area (Å²) in [5.41, 5.74) is -1.15. The van der Waals surface area contributed by atoms with E-state index < -0.39 is 17.7 Å². The van der Waals surface area contributed by atoms with E-state index in [1.165, 1.54) is 0 Å². The molecule has 0 unspecified atom stereocenters. The number of carboxylic acids is 1. The van der Waals surface area contributed by atoms with Crippen molar-refractivity contribution >= 4 is 17.7 Å². The molecule has 0 aliphatic carbocycles. The van der Waals surface area contributed by atoms with Gasteiger partial charge in [0, 0.05) is 15.4 Å². The number of carbonyl (C=O) groups is 1. The van der Waals surface area contributed by atoms with E-state index in [1.54, 1.807) is 30.3 Å². The number of rotatable bonds is 3. The van der Waals surface area contributed by atoms with E-state index in [-0.39, 0.29) is 10.5 Å². The van der Waals surface area contributed by atoms with Crippen molar-refractivity contribution in [1.82, 2.24) is 0 Å². The number of alkyl halides is 3. The standard InChI is InChI=1S/C14H9F3O2S/c15-14(16,17)9-6-7-11(13(18)19)12(8-9)20-10-4-2-1-3-5-10/h1-8H,(H,18,19)/p-1. The van der Waals surface area contributed by atoms with Crippen molar-refractivity contribution in [2.75, 3.05) is 0 Å². The van der Waals surface area contributed by atoms with Crippen molar-refractivity contribution in [2.24, 2.45) is 0 Å². The lowest BCUT2D eigenvalue weighted by Crippen LogP contribution is -2.23. The molecule has 20 heavy (non-hydrogen) atoms. The minimum atomic E-state index is -4.52. The molecule has 0 fully saturated rings. The van der Waals surface area contributed by atoms with Crippen LogP contribution in [0.3, 0.4) is 0 Å². The van der Waals surface area contributed by atoms with Crippen LogP contribution in [0.25, 0.3) is 0 Å². The highest BCUT2D eigenvalue weighted by Gasteiger charge is 2.31. The fraction of sp³-hybridized carbons (Fsp3) is 0.0714. The maximum atomic E-state index is 12.7. The van der Waals surface area contributed by atoms with Crippen LogP contribution >= 0.6 is 11.8 Å². The summed E-state index contributed by atoms with van der Waals surface area (Å²) in [5, 5.41) is 11.0. The molecule has 0 saturated heterocycles. The van der Waals surface area contributed by atoms with Crippen LogP contribution in [0, 0.1) is 0 Å². The molecule has 0 spiro atoms. The van der Waals surface area contributed by atoms with Gasteiger partial charge in [-0.15, -0.1) is 0 Å². The van der Waals surface area contributed by atoms with Gasteiger partial charge in [-0.05, 0) is 24.3 Å². The van der Waals surface area contributed by atoms with Gasteiger partial charge in [0.1, 0.15) is 0 Å². The quantitative estimate of drug-likeness (QED) is 0.873. The number of hydrogen-bond acceptors (Lipinski definition) is 3. The average molecular weight is 297 g/mol. The Morgan fingerprint density at radius 1 is 1.05 bits per heavy atom. The minimum Gasteiger partial charge on any atom is -0.545 e. The largest absolute Gasteiger partial charge is 0.545 e. The number of benzene rings is 2. The first-order chi connectivity index (χ1) is 9.38. The summed E-state index contributed by atoms with van der Waals surface area (Å²) in [4.78, 5) is 11.6.